The molecule has 1 heterocycles. The van der Waals surface area contributed by atoms with Crippen molar-refractivity contribution in [1.29, 1.82) is 0 Å². The van der Waals surface area contributed by atoms with Gasteiger partial charge in [0.25, 0.3) is 0 Å². The van der Waals surface area contributed by atoms with Gasteiger partial charge < -0.3 is 9.47 Å². The summed E-state index contributed by atoms with van der Waals surface area (Å²) in [4.78, 5) is 0. The highest BCUT2D eigenvalue weighted by Crippen LogP contribution is 2.33. The Morgan fingerprint density at radius 2 is 1.91 bits per heavy atom. The molecule has 0 amide bonds. The van der Waals surface area contributed by atoms with Crippen LogP contribution in [0.5, 0.6) is 0 Å². The fourth-order valence-corrected chi connectivity index (χ4v) is 1.74. The summed E-state index contributed by atoms with van der Waals surface area (Å²) in [7, 11) is 1.71. The van der Waals surface area contributed by atoms with Crippen LogP contribution in [0.25, 0.3) is 0 Å². The van der Waals surface area contributed by atoms with E-state index in [0.29, 0.717) is 17.9 Å². The van der Waals surface area contributed by atoms with Crippen LogP contribution in [0.3, 0.4) is 0 Å². The Kier molecular flexibility index (Phi) is 2.90. The molecular formula is C9H18O2. The van der Waals surface area contributed by atoms with Crippen LogP contribution in [0.1, 0.15) is 27.2 Å². The predicted molar refractivity (Wildman–Crippen MR) is 44.3 cm³/mol. The van der Waals surface area contributed by atoms with E-state index in [-0.39, 0.29) is 6.29 Å². The maximum Gasteiger partial charge on any atom is 0.160 e. The summed E-state index contributed by atoms with van der Waals surface area (Å²) >= 11 is 0. The second-order valence-corrected chi connectivity index (χ2v) is 3.41. The molecule has 0 N–H and O–H groups in total. The minimum absolute atomic E-state index is 0.0231. The smallest absolute Gasteiger partial charge is 0.160 e. The molecule has 1 aliphatic heterocycles. The molecule has 66 valence electrons. The van der Waals surface area contributed by atoms with Crippen molar-refractivity contribution in [3.05, 3.63) is 0 Å². The van der Waals surface area contributed by atoms with Crippen LogP contribution in [0.15, 0.2) is 0 Å². The summed E-state index contributed by atoms with van der Waals surface area (Å²) in [6, 6.07) is 0. The average molecular weight is 158 g/mol. The molecule has 1 saturated heterocycles. The third-order valence-electron chi connectivity index (χ3n) is 2.79. The normalized spacial score (nSPS) is 44.7. The predicted octanol–water partition coefficient (Wildman–Crippen LogP) is 2.04. The highest BCUT2D eigenvalue weighted by atomic mass is 16.7. The molecule has 0 aliphatic carbocycles. The zero-order valence-corrected chi connectivity index (χ0v) is 7.83. The van der Waals surface area contributed by atoms with Crippen molar-refractivity contribution in [2.24, 2.45) is 11.8 Å². The Hall–Kier alpha value is -0.0800. The molecule has 0 aromatic rings. The summed E-state index contributed by atoms with van der Waals surface area (Å²) in [6.07, 6.45) is 1.51. The topological polar surface area (TPSA) is 18.5 Å². The van der Waals surface area contributed by atoms with E-state index in [4.69, 9.17) is 9.47 Å². The standard InChI is InChI=1S/C9H18O2/c1-5-8-6(2)7(3)9(10-4)11-8/h6-9H,5H2,1-4H3/t6-,7-,8+,9?/m0/s1. The molecule has 2 heteroatoms. The number of methoxy groups -OCH3 is 1. The van der Waals surface area contributed by atoms with Crippen molar-refractivity contribution in [1.82, 2.24) is 0 Å². The lowest BCUT2D eigenvalue weighted by molar-refractivity contribution is -0.129. The number of hydrogen-bond donors (Lipinski definition) is 0. The van der Waals surface area contributed by atoms with Crippen molar-refractivity contribution in [2.75, 3.05) is 7.11 Å². The van der Waals surface area contributed by atoms with Gasteiger partial charge in [0, 0.05) is 13.0 Å². The van der Waals surface area contributed by atoms with E-state index in [9.17, 15) is 0 Å². The van der Waals surface area contributed by atoms with Crippen molar-refractivity contribution < 1.29 is 9.47 Å². The lowest BCUT2D eigenvalue weighted by Crippen LogP contribution is -2.17. The lowest BCUT2D eigenvalue weighted by Gasteiger charge is -2.13. The fourth-order valence-electron chi connectivity index (χ4n) is 1.74. The van der Waals surface area contributed by atoms with Gasteiger partial charge in [0.15, 0.2) is 6.29 Å². The molecule has 1 fully saturated rings. The van der Waals surface area contributed by atoms with Crippen molar-refractivity contribution >= 4 is 0 Å². The summed E-state index contributed by atoms with van der Waals surface area (Å²) in [5, 5.41) is 0. The van der Waals surface area contributed by atoms with Crippen molar-refractivity contribution in [2.45, 2.75) is 39.6 Å². The van der Waals surface area contributed by atoms with Gasteiger partial charge in [0.05, 0.1) is 6.10 Å². The van der Waals surface area contributed by atoms with Crippen LogP contribution in [-0.4, -0.2) is 19.5 Å². The van der Waals surface area contributed by atoms with Crippen LogP contribution < -0.4 is 0 Å². The Bertz CT molecular complexity index is 107. The minimum atomic E-state index is 0.0231. The van der Waals surface area contributed by atoms with E-state index in [1.54, 1.807) is 7.11 Å². The maximum absolute atomic E-state index is 5.66. The number of hydrogen-bond acceptors (Lipinski definition) is 2. The number of ether oxygens (including phenoxy) is 2. The molecule has 0 spiro atoms. The second kappa shape index (κ2) is 3.55. The van der Waals surface area contributed by atoms with Gasteiger partial charge in [-0.05, 0) is 12.3 Å². The lowest BCUT2D eigenvalue weighted by atomic mass is 9.92. The molecule has 0 radical (unpaired) electrons. The van der Waals surface area contributed by atoms with E-state index < -0.39 is 0 Å². The van der Waals surface area contributed by atoms with E-state index in [1.807, 2.05) is 0 Å². The summed E-state index contributed by atoms with van der Waals surface area (Å²) in [5.41, 5.74) is 0. The first-order chi connectivity index (χ1) is 5.20. The Morgan fingerprint density at radius 3 is 2.18 bits per heavy atom. The molecule has 2 nitrogen and oxygen atoms in total. The number of rotatable bonds is 2. The van der Waals surface area contributed by atoms with Crippen molar-refractivity contribution in [3.8, 4) is 0 Å². The molecule has 0 aromatic heterocycles. The molecule has 1 unspecified atom stereocenters. The van der Waals surface area contributed by atoms with Gasteiger partial charge in [-0.1, -0.05) is 20.8 Å². The SMILES string of the molecule is CC[C@H]1OC(OC)[C@@H](C)[C@@H]1C. The van der Waals surface area contributed by atoms with Gasteiger partial charge in [0.1, 0.15) is 0 Å². The molecule has 4 atom stereocenters. The second-order valence-electron chi connectivity index (χ2n) is 3.41. The summed E-state index contributed by atoms with van der Waals surface area (Å²) in [6.45, 7) is 6.58. The van der Waals surface area contributed by atoms with Gasteiger partial charge in [-0.3, -0.25) is 0 Å². The first-order valence-electron chi connectivity index (χ1n) is 4.39. The summed E-state index contributed by atoms with van der Waals surface area (Å²) in [5.74, 6) is 1.16. The van der Waals surface area contributed by atoms with Gasteiger partial charge in [-0.15, -0.1) is 0 Å². The molecule has 1 aliphatic rings. The molecule has 0 aromatic carbocycles. The van der Waals surface area contributed by atoms with Gasteiger partial charge in [-0.2, -0.15) is 0 Å². The Labute approximate surface area is 68.9 Å². The third-order valence-corrected chi connectivity index (χ3v) is 2.79. The van der Waals surface area contributed by atoms with Crippen molar-refractivity contribution in [3.63, 3.8) is 0 Å². The van der Waals surface area contributed by atoms with Gasteiger partial charge in [0.2, 0.25) is 0 Å². The third kappa shape index (κ3) is 1.57. The summed E-state index contributed by atoms with van der Waals surface area (Å²) < 4.78 is 10.9. The fraction of sp³-hybridized carbons (Fsp3) is 1.00. The zero-order valence-electron chi connectivity index (χ0n) is 7.83. The van der Waals surface area contributed by atoms with Gasteiger partial charge >= 0.3 is 0 Å². The van der Waals surface area contributed by atoms with Crippen LogP contribution in [-0.2, 0) is 9.47 Å². The first kappa shape index (κ1) is 9.01. The zero-order chi connectivity index (χ0) is 8.43. The molecule has 0 bridgehead atoms. The molecule has 0 saturated carbocycles. The Morgan fingerprint density at radius 1 is 1.27 bits per heavy atom. The van der Waals surface area contributed by atoms with Crippen LogP contribution in [0.4, 0.5) is 0 Å². The van der Waals surface area contributed by atoms with Crippen LogP contribution in [0.2, 0.25) is 0 Å². The minimum Gasteiger partial charge on any atom is -0.356 e. The van der Waals surface area contributed by atoms with Crippen LogP contribution >= 0.6 is 0 Å². The molecule has 1 rings (SSSR count). The monoisotopic (exact) mass is 158 g/mol. The molecule has 11 heavy (non-hydrogen) atoms. The highest BCUT2D eigenvalue weighted by Gasteiger charge is 2.37. The van der Waals surface area contributed by atoms with Crippen LogP contribution in [0, 0.1) is 11.8 Å². The van der Waals surface area contributed by atoms with E-state index in [2.05, 4.69) is 20.8 Å². The van der Waals surface area contributed by atoms with E-state index in [1.165, 1.54) is 0 Å². The largest absolute Gasteiger partial charge is 0.356 e. The highest BCUT2D eigenvalue weighted by molar-refractivity contribution is 4.80. The first-order valence-corrected chi connectivity index (χ1v) is 4.39. The maximum atomic E-state index is 5.66. The molecular weight excluding hydrogens is 140 g/mol. The van der Waals surface area contributed by atoms with Gasteiger partial charge in [-0.25, -0.2) is 0 Å². The average Bonchev–Trinajstić information content (AvgIpc) is 2.30. The Balaban J connectivity index is 2.53. The van der Waals surface area contributed by atoms with E-state index >= 15 is 0 Å². The quantitative estimate of drug-likeness (QED) is 0.612. The van der Waals surface area contributed by atoms with E-state index in [0.717, 1.165) is 6.42 Å².